The molecule has 0 fully saturated rings. The van der Waals surface area contributed by atoms with Gasteiger partial charge in [-0.3, -0.25) is 0 Å². The van der Waals surface area contributed by atoms with E-state index in [1.54, 1.807) is 6.07 Å². The van der Waals surface area contributed by atoms with Crippen LogP contribution < -0.4 is 10.6 Å². The maximum absolute atomic E-state index is 5.99. The Bertz CT molecular complexity index is 616. The van der Waals surface area contributed by atoms with Crippen LogP contribution >= 0.6 is 23.2 Å². The second-order valence-electron chi connectivity index (χ2n) is 5.26. The van der Waals surface area contributed by atoms with Crippen LogP contribution in [0.3, 0.4) is 0 Å². The number of hydrogen-bond donors (Lipinski definition) is 2. The zero-order valence-corrected chi connectivity index (χ0v) is 14.1. The van der Waals surface area contributed by atoms with E-state index >= 15 is 0 Å². The van der Waals surface area contributed by atoms with Crippen LogP contribution in [-0.4, -0.2) is 13.1 Å². The van der Waals surface area contributed by atoms with E-state index in [0.717, 1.165) is 18.8 Å². The molecule has 0 atom stereocenters. The van der Waals surface area contributed by atoms with Gasteiger partial charge in [-0.25, -0.2) is 0 Å². The molecule has 0 bridgehead atoms. The first kappa shape index (κ1) is 16.0. The Balaban J connectivity index is 1.89. The van der Waals surface area contributed by atoms with Gasteiger partial charge in [-0.1, -0.05) is 40.9 Å². The SMILES string of the molecule is Cc1cc(C)c(NCCNc2ccc(Cl)c(Cl)c2)c(C)c1. The third kappa shape index (κ3) is 4.29. The maximum atomic E-state index is 5.99. The van der Waals surface area contributed by atoms with Crippen molar-refractivity contribution in [3.05, 3.63) is 57.1 Å². The Kier molecular flexibility index (Phi) is 5.38. The molecule has 2 nitrogen and oxygen atoms in total. The molecule has 0 radical (unpaired) electrons. The van der Waals surface area contributed by atoms with Crippen LogP contribution in [0.25, 0.3) is 0 Å². The molecule has 0 spiro atoms. The predicted octanol–water partition coefficient (Wildman–Crippen LogP) is 5.44. The van der Waals surface area contributed by atoms with E-state index in [9.17, 15) is 0 Å². The predicted molar refractivity (Wildman–Crippen MR) is 94.1 cm³/mol. The van der Waals surface area contributed by atoms with E-state index in [-0.39, 0.29) is 0 Å². The molecular formula is C17H20Cl2N2. The summed E-state index contributed by atoms with van der Waals surface area (Å²) in [5.41, 5.74) is 6.05. The first-order valence-corrected chi connectivity index (χ1v) is 7.73. The third-order valence-corrected chi connectivity index (χ3v) is 4.09. The molecule has 0 aliphatic carbocycles. The molecule has 2 N–H and O–H groups in total. The van der Waals surface area contributed by atoms with Crippen LogP contribution in [0, 0.1) is 20.8 Å². The molecule has 0 aliphatic rings. The van der Waals surface area contributed by atoms with E-state index in [0.29, 0.717) is 10.0 Å². The molecule has 2 aromatic carbocycles. The minimum absolute atomic E-state index is 0.569. The van der Waals surface area contributed by atoms with Crippen molar-refractivity contribution in [3.63, 3.8) is 0 Å². The van der Waals surface area contributed by atoms with Crippen molar-refractivity contribution in [2.45, 2.75) is 20.8 Å². The fraction of sp³-hybridized carbons (Fsp3) is 0.294. The molecule has 2 rings (SSSR count). The lowest BCUT2D eigenvalue weighted by molar-refractivity contribution is 1.07. The summed E-state index contributed by atoms with van der Waals surface area (Å²) < 4.78 is 0. The number of hydrogen-bond acceptors (Lipinski definition) is 2. The number of aryl methyl sites for hydroxylation is 3. The van der Waals surface area contributed by atoms with Crippen LogP contribution in [0.5, 0.6) is 0 Å². The average Bonchev–Trinajstić information content (AvgIpc) is 2.40. The Labute approximate surface area is 136 Å². The molecule has 0 amide bonds. The van der Waals surface area contributed by atoms with Crippen molar-refractivity contribution in [2.75, 3.05) is 23.7 Å². The number of rotatable bonds is 5. The summed E-state index contributed by atoms with van der Waals surface area (Å²) in [7, 11) is 0. The van der Waals surface area contributed by atoms with E-state index in [1.165, 1.54) is 22.4 Å². The van der Waals surface area contributed by atoms with Crippen molar-refractivity contribution >= 4 is 34.6 Å². The van der Waals surface area contributed by atoms with Crippen molar-refractivity contribution < 1.29 is 0 Å². The fourth-order valence-electron chi connectivity index (χ4n) is 2.46. The monoisotopic (exact) mass is 322 g/mol. The largest absolute Gasteiger partial charge is 0.383 e. The number of nitrogens with one attached hydrogen (secondary N) is 2. The van der Waals surface area contributed by atoms with Gasteiger partial charge < -0.3 is 10.6 Å². The quantitative estimate of drug-likeness (QED) is 0.716. The van der Waals surface area contributed by atoms with Gasteiger partial charge in [0, 0.05) is 24.5 Å². The summed E-state index contributed by atoms with van der Waals surface area (Å²) in [6.07, 6.45) is 0. The highest BCUT2D eigenvalue weighted by Crippen LogP contribution is 2.25. The molecule has 0 heterocycles. The van der Waals surface area contributed by atoms with Gasteiger partial charge in [-0.05, 0) is 50.1 Å². The molecule has 0 aliphatic heterocycles. The number of halogens is 2. The molecule has 0 saturated carbocycles. The highest BCUT2D eigenvalue weighted by molar-refractivity contribution is 6.42. The molecule has 0 aromatic heterocycles. The van der Waals surface area contributed by atoms with Crippen LogP contribution in [0.15, 0.2) is 30.3 Å². The van der Waals surface area contributed by atoms with Crippen LogP contribution in [0.2, 0.25) is 10.0 Å². The second-order valence-corrected chi connectivity index (χ2v) is 6.07. The zero-order chi connectivity index (χ0) is 15.4. The summed E-state index contributed by atoms with van der Waals surface area (Å²) >= 11 is 11.9. The van der Waals surface area contributed by atoms with Crippen molar-refractivity contribution in [3.8, 4) is 0 Å². The first-order valence-electron chi connectivity index (χ1n) is 6.98. The highest BCUT2D eigenvalue weighted by atomic mass is 35.5. The van der Waals surface area contributed by atoms with Gasteiger partial charge in [0.2, 0.25) is 0 Å². The van der Waals surface area contributed by atoms with Gasteiger partial charge >= 0.3 is 0 Å². The molecule has 4 heteroatoms. The van der Waals surface area contributed by atoms with E-state index < -0.39 is 0 Å². The van der Waals surface area contributed by atoms with Crippen molar-refractivity contribution in [1.82, 2.24) is 0 Å². The van der Waals surface area contributed by atoms with Gasteiger partial charge in [0.15, 0.2) is 0 Å². The summed E-state index contributed by atoms with van der Waals surface area (Å²) in [5, 5.41) is 7.96. The Morgan fingerprint density at radius 2 is 1.43 bits per heavy atom. The molecule has 0 unspecified atom stereocenters. The lowest BCUT2D eigenvalue weighted by atomic mass is 10.1. The standard InChI is InChI=1S/C17H20Cl2N2/c1-11-8-12(2)17(13(3)9-11)21-7-6-20-14-4-5-15(18)16(19)10-14/h4-5,8-10,20-21H,6-7H2,1-3H3. The normalized spacial score (nSPS) is 10.5. The van der Waals surface area contributed by atoms with Crippen molar-refractivity contribution in [2.24, 2.45) is 0 Å². The van der Waals surface area contributed by atoms with Crippen molar-refractivity contribution in [1.29, 1.82) is 0 Å². The second kappa shape index (κ2) is 7.06. The van der Waals surface area contributed by atoms with E-state index in [1.807, 2.05) is 12.1 Å². The Morgan fingerprint density at radius 1 is 0.810 bits per heavy atom. The summed E-state index contributed by atoms with van der Waals surface area (Å²) in [4.78, 5) is 0. The average molecular weight is 323 g/mol. The highest BCUT2D eigenvalue weighted by Gasteiger charge is 2.03. The maximum Gasteiger partial charge on any atom is 0.0612 e. The van der Waals surface area contributed by atoms with Crippen LogP contribution in [0.1, 0.15) is 16.7 Å². The molecule has 0 saturated heterocycles. The number of anilines is 2. The Morgan fingerprint density at radius 3 is 2.05 bits per heavy atom. The lowest BCUT2D eigenvalue weighted by Gasteiger charge is -2.14. The minimum atomic E-state index is 0.569. The molecule has 112 valence electrons. The van der Waals surface area contributed by atoms with Gasteiger partial charge in [0.1, 0.15) is 0 Å². The number of benzene rings is 2. The van der Waals surface area contributed by atoms with Crippen LogP contribution in [0.4, 0.5) is 11.4 Å². The summed E-state index contributed by atoms with van der Waals surface area (Å²) in [6, 6.07) is 9.96. The lowest BCUT2D eigenvalue weighted by Crippen LogP contribution is -2.15. The van der Waals surface area contributed by atoms with Gasteiger partial charge in [0.05, 0.1) is 10.0 Å². The van der Waals surface area contributed by atoms with Crippen LogP contribution in [-0.2, 0) is 0 Å². The Hall–Kier alpha value is -1.38. The molecule has 21 heavy (non-hydrogen) atoms. The van der Waals surface area contributed by atoms with Gasteiger partial charge in [-0.15, -0.1) is 0 Å². The first-order chi connectivity index (χ1) is 9.97. The third-order valence-electron chi connectivity index (χ3n) is 3.35. The molecule has 2 aromatic rings. The topological polar surface area (TPSA) is 24.1 Å². The molecular weight excluding hydrogens is 303 g/mol. The van der Waals surface area contributed by atoms with E-state index in [4.69, 9.17) is 23.2 Å². The smallest absolute Gasteiger partial charge is 0.0612 e. The van der Waals surface area contributed by atoms with Gasteiger partial charge in [0.25, 0.3) is 0 Å². The minimum Gasteiger partial charge on any atom is -0.383 e. The van der Waals surface area contributed by atoms with E-state index in [2.05, 4.69) is 43.5 Å². The zero-order valence-electron chi connectivity index (χ0n) is 12.6. The summed E-state index contributed by atoms with van der Waals surface area (Å²) in [5.74, 6) is 0. The summed E-state index contributed by atoms with van der Waals surface area (Å²) in [6.45, 7) is 8.04. The fourth-order valence-corrected chi connectivity index (χ4v) is 2.76. The van der Waals surface area contributed by atoms with Gasteiger partial charge in [-0.2, -0.15) is 0 Å².